The second-order valence-corrected chi connectivity index (χ2v) is 28.3. The summed E-state index contributed by atoms with van der Waals surface area (Å²) in [6, 6.07) is 9.46. The minimum atomic E-state index is -1.56. The molecular weight excluding hydrogens is 1170 g/mol. The van der Waals surface area contributed by atoms with Crippen molar-refractivity contribution in [3.63, 3.8) is 0 Å². The van der Waals surface area contributed by atoms with Gasteiger partial charge in [0.15, 0.2) is 24.4 Å². The average molecular weight is 1270 g/mol. The van der Waals surface area contributed by atoms with Gasteiger partial charge in [0.05, 0.1) is 36.6 Å². The standard InChI is InChI=1S/C72H100N8O12/c1-45(2)33-57-67(85)89-49(9)63(81)75(17)60(36-48(7)8)70(88)92-62(38-52-23-27-54(28-24-52)42-80-44-56(40-74-80)30-32-72(14,15)16)66(84)78(20)58(34-46(3)4)68(86)90-50(10)64(82)76(18)59(35-47(5)6)69(87)91-61(65(83)77(57)19)37-51-21-25-53(26-22-51)41-79-43-55(39-73-79)29-31-71(11,12)13/h21-28,39-40,43-50,57-62H,33-38,41-42H2,1-20H3/t49-,50-,57+,58+,59+,60+,61-,62-/m1/s1. The van der Waals surface area contributed by atoms with Crippen molar-refractivity contribution in [2.75, 3.05) is 28.2 Å². The summed E-state index contributed by atoms with van der Waals surface area (Å²) in [6.45, 7) is 30.6. The molecule has 0 spiro atoms. The number of likely N-dealkylation sites (N-methyl/N-ethyl adjacent to an activating group) is 4. The Morgan fingerprint density at radius 2 is 0.674 bits per heavy atom. The molecule has 0 unspecified atom stereocenters. The lowest BCUT2D eigenvalue weighted by molar-refractivity contribution is -0.176. The first-order valence-electron chi connectivity index (χ1n) is 32.1. The van der Waals surface area contributed by atoms with E-state index in [-0.39, 0.29) is 73.0 Å². The van der Waals surface area contributed by atoms with E-state index in [1.807, 2.05) is 134 Å². The van der Waals surface area contributed by atoms with Crippen LogP contribution in [0.25, 0.3) is 0 Å². The van der Waals surface area contributed by atoms with E-state index in [9.17, 15) is 28.8 Å². The fourth-order valence-electron chi connectivity index (χ4n) is 10.4. The Kier molecular flexibility index (Phi) is 26.6. The number of hydrogen-bond donors (Lipinski definition) is 0. The van der Waals surface area contributed by atoms with Crippen molar-refractivity contribution >= 4 is 47.5 Å². The van der Waals surface area contributed by atoms with Crippen molar-refractivity contribution in [2.24, 2.45) is 34.5 Å². The summed E-state index contributed by atoms with van der Waals surface area (Å²) in [5.74, 6) is 5.18. The molecule has 0 N–H and O–H groups in total. The van der Waals surface area contributed by atoms with Gasteiger partial charge in [0.2, 0.25) is 0 Å². The number of amides is 4. The summed E-state index contributed by atoms with van der Waals surface area (Å²) in [5.41, 5.74) is 4.13. The Hall–Kier alpha value is -8.26. The first kappa shape index (κ1) is 74.5. The number of esters is 4. The summed E-state index contributed by atoms with van der Waals surface area (Å²) in [6.07, 6.45) is 0.967. The molecule has 500 valence electrons. The van der Waals surface area contributed by atoms with Crippen LogP contribution >= 0.6 is 0 Å². The second-order valence-electron chi connectivity index (χ2n) is 28.3. The normalized spacial score (nSPS) is 21.8. The Morgan fingerprint density at radius 3 is 0.946 bits per heavy atom. The zero-order valence-corrected chi connectivity index (χ0v) is 58.0. The molecule has 0 radical (unpaired) electrons. The third kappa shape index (κ3) is 22.5. The van der Waals surface area contributed by atoms with Crippen LogP contribution in [-0.4, -0.2) is 163 Å². The van der Waals surface area contributed by atoms with E-state index in [4.69, 9.17) is 18.9 Å². The molecule has 8 atom stereocenters. The van der Waals surface area contributed by atoms with Crippen LogP contribution in [0.5, 0.6) is 0 Å². The van der Waals surface area contributed by atoms with E-state index in [1.165, 1.54) is 42.0 Å². The van der Waals surface area contributed by atoms with Crippen LogP contribution in [0.1, 0.15) is 170 Å². The maximum Gasteiger partial charge on any atom is 0.329 e. The van der Waals surface area contributed by atoms with Crippen LogP contribution in [0.4, 0.5) is 0 Å². The first-order valence-corrected chi connectivity index (χ1v) is 32.1. The highest BCUT2D eigenvalue weighted by atomic mass is 16.6. The summed E-state index contributed by atoms with van der Waals surface area (Å²) in [5, 5.41) is 8.96. The quantitative estimate of drug-likeness (QED) is 0.0581. The topological polar surface area (TPSA) is 222 Å². The zero-order valence-electron chi connectivity index (χ0n) is 58.0. The highest BCUT2D eigenvalue weighted by molar-refractivity contribution is 5.94. The molecule has 4 amide bonds. The largest absolute Gasteiger partial charge is 0.451 e. The first-order chi connectivity index (χ1) is 42.9. The zero-order chi connectivity index (χ0) is 68.7. The molecule has 4 aromatic rings. The lowest BCUT2D eigenvalue weighted by Crippen LogP contribution is -2.55. The van der Waals surface area contributed by atoms with Gasteiger partial charge in [-0.2, -0.15) is 10.2 Å². The fraction of sp³-hybridized carbons (Fsp3) is 0.583. The molecule has 0 saturated carbocycles. The lowest BCUT2D eigenvalue weighted by atomic mass is 9.98. The van der Waals surface area contributed by atoms with E-state index in [1.54, 1.807) is 46.0 Å². The van der Waals surface area contributed by atoms with Crippen molar-refractivity contribution in [1.82, 2.24) is 39.2 Å². The predicted molar refractivity (Wildman–Crippen MR) is 351 cm³/mol. The van der Waals surface area contributed by atoms with Gasteiger partial charge in [-0.25, -0.2) is 19.2 Å². The van der Waals surface area contributed by atoms with Crippen molar-refractivity contribution in [3.05, 3.63) is 107 Å². The highest BCUT2D eigenvalue weighted by Gasteiger charge is 2.43. The minimum absolute atomic E-state index is 0.0690. The number of cyclic esters (lactones) is 4. The van der Waals surface area contributed by atoms with Crippen molar-refractivity contribution < 1.29 is 57.3 Å². The maximum atomic E-state index is 15.2. The summed E-state index contributed by atoms with van der Waals surface area (Å²) >= 11 is 0. The SMILES string of the molecule is CC(C)C[C@H]1C(=O)O[C@H](Cc2ccc(Cn3cc(C#CC(C)(C)C)cn3)cc2)C(=O)N(C)[C@@H](CC(C)C)C(=O)O[C@H](C)C(=O)N(C)[C@@H](CC(C)C)C(=O)O[C@H](Cc2ccc(Cn3cc(C#CC(C)(C)C)cn3)cc2)C(=O)N(C)[C@@H](CC(C)C)C(=O)O[C@H](C)C(=O)N1C. The lowest BCUT2D eigenvalue weighted by Gasteiger charge is -2.35. The number of nitrogens with zero attached hydrogens (tertiary/aromatic N) is 8. The smallest absolute Gasteiger partial charge is 0.329 e. The third-order valence-corrected chi connectivity index (χ3v) is 15.5. The Bertz CT molecular complexity index is 3090. The van der Waals surface area contributed by atoms with Gasteiger partial charge in [-0.15, -0.1) is 0 Å². The predicted octanol–water partition coefficient (Wildman–Crippen LogP) is 8.95. The maximum absolute atomic E-state index is 15.2. The van der Waals surface area contributed by atoms with Gasteiger partial charge in [0, 0.05) is 64.3 Å². The number of rotatable bonds is 16. The van der Waals surface area contributed by atoms with Gasteiger partial charge >= 0.3 is 23.9 Å². The minimum Gasteiger partial charge on any atom is -0.451 e. The van der Waals surface area contributed by atoms with Gasteiger partial charge in [-0.1, -0.05) is 128 Å². The van der Waals surface area contributed by atoms with Crippen molar-refractivity contribution in [2.45, 2.75) is 211 Å². The molecule has 0 aliphatic carbocycles. The molecule has 20 heteroatoms. The molecule has 0 bridgehead atoms. The van der Waals surface area contributed by atoms with E-state index in [0.29, 0.717) is 24.2 Å². The molecule has 2 aromatic carbocycles. The van der Waals surface area contributed by atoms with Gasteiger partial charge in [0.25, 0.3) is 23.6 Å². The Labute approximate surface area is 545 Å². The number of benzene rings is 2. The van der Waals surface area contributed by atoms with Crippen molar-refractivity contribution in [1.29, 1.82) is 0 Å². The number of carbonyl (C=O) groups is 8. The van der Waals surface area contributed by atoms with E-state index in [2.05, 4.69) is 33.9 Å². The van der Waals surface area contributed by atoms with Crippen LogP contribution in [0, 0.1) is 58.2 Å². The van der Waals surface area contributed by atoms with Crippen LogP contribution in [0.15, 0.2) is 73.3 Å². The van der Waals surface area contributed by atoms with Gasteiger partial charge < -0.3 is 38.5 Å². The highest BCUT2D eigenvalue weighted by Crippen LogP contribution is 2.25. The summed E-state index contributed by atoms with van der Waals surface area (Å²) < 4.78 is 27.9. The molecule has 2 aromatic heterocycles. The molecule has 5 rings (SSSR count). The molecule has 20 nitrogen and oxygen atoms in total. The van der Waals surface area contributed by atoms with Crippen LogP contribution < -0.4 is 0 Å². The molecule has 1 aliphatic rings. The Morgan fingerprint density at radius 1 is 0.413 bits per heavy atom. The molecule has 92 heavy (non-hydrogen) atoms. The molecule has 3 heterocycles. The molecule has 1 saturated heterocycles. The van der Waals surface area contributed by atoms with E-state index < -0.39 is 96.1 Å². The summed E-state index contributed by atoms with van der Waals surface area (Å²) in [4.78, 5) is 123. The van der Waals surface area contributed by atoms with E-state index >= 15 is 9.59 Å². The second kappa shape index (κ2) is 32.8. The molecule has 1 fully saturated rings. The Balaban J connectivity index is 1.56. The average Bonchev–Trinajstić information content (AvgIpc) is 1.13. The van der Waals surface area contributed by atoms with E-state index in [0.717, 1.165) is 41.9 Å². The number of ether oxygens (including phenoxy) is 4. The number of aromatic nitrogens is 4. The van der Waals surface area contributed by atoms with Crippen LogP contribution in [0.3, 0.4) is 0 Å². The third-order valence-electron chi connectivity index (χ3n) is 15.5. The number of hydrogen-bond acceptors (Lipinski definition) is 14. The number of carbonyl (C=O) groups excluding carboxylic acids is 8. The monoisotopic (exact) mass is 1270 g/mol. The van der Waals surface area contributed by atoms with Gasteiger partial charge in [-0.3, -0.25) is 28.5 Å². The molecule has 1 aliphatic heterocycles. The van der Waals surface area contributed by atoms with Gasteiger partial charge in [0.1, 0.15) is 24.2 Å². The van der Waals surface area contributed by atoms with Gasteiger partial charge in [-0.05, 0) is 127 Å². The van der Waals surface area contributed by atoms with Crippen LogP contribution in [0.2, 0.25) is 0 Å². The van der Waals surface area contributed by atoms with Crippen molar-refractivity contribution in [3.8, 4) is 23.7 Å². The molecular formula is C72H100N8O12. The summed E-state index contributed by atoms with van der Waals surface area (Å²) in [7, 11) is 5.57. The fourth-order valence-corrected chi connectivity index (χ4v) is 10.4. The van der Waals surface area contributed by atoms with Crippen LogP contribution in [-0.2, 0) is 83.2 Å².